The third-order valence-electron chi connectivity index (χ3n) is 6.03. The Morgan fingerprint density at radius 3 is 2.10 bits per heavy atom. The van der Waals surface area contributed by atoms with E-state index in [0.29, 0.717) is 44.6 Å². The van der Waals surface area contributed by atoms with Crippen LogP contribution in [0.25, 0.3) is 0 Å². The normalized spacial score (nSPS) is 18.6. The van der Waals surface area contributed by atoms with E-state index in [4.69, 9.17) is 4.74 Å². The van der Waals surface area contributed by atoms with E-state index in [1.54, 1.807) is 4.90 Å². The number of aryl methyl sites for hydroxylation is 1. The van der Waals surface area contributed by atoms with Crippen molar-refractivity contribution in [3.8, 4) is 0 Å². The zero-order valence-corrected chi connectivity index (χ0v) is 19.1. The minimum Gasteiger partial charge on any atom is -0.444 e. The lowest BCUT2D eigenvalue weighted by atomic mass is 9.94. The summed E-state index contributed by atoms with van der Waals surface area (Å²) in [6.07, 6.45) is 2.56. The van der Waals surface area contributed by atoms with Crippen molar-refractivity contribution >= 4 is 17.9 Å². The van der Waals surface area contributed by atoms with Crippen molar-refractivity contribution in [3.63, 3.8) is 0 Å². The molecule has 7 heteroatoms. The monoisotopic (exact) mass is 429 g/mol. The Hall–Kier alpha value is -2.57. The van der Waals surface area contributed by atoms with Gasteiger partial charge in [-0.2, -0.15) is 0 Å². The number of rotatable bonds is 3. The summed E-state index contributed by atoms with van der Waals surface area (Å²) in [4.78, 5) is 41.3. The number of carbonyl (C=O) groups excluding carboxylic acids is 3. The van der Waals surface area contributed by atoms with E-state index in [1.807, 2.05) is 56.9 Å². The summed E-state index contributed by atoms with van der Waals surface area (Å²) in [5.41, 5.74) is 1.16. The Kier molecular flexibility index (Phi) is 7.23. The summed E-state index contributed by atoms with van der Waals surface area (Å²) < 4.78 is 5.43. The van der Waals surface area contributed by atoms with Crippen LogP contribution in [0.2, 0.25) is 0 Å². The number of likely N-dealkylation sites (tertiary alicyclic amines) is 2. The molecular formula is C24H35N3O4. The molecule has 1 N–H and O–H groups in total. The molecular weight excluding hydrogens is 394 g/mol. The van der Waals surface area contributed by atoms with Gasteiger partial charge in [0.2, 0.25) is 5.91 Å². The van der Waals surface area contributed by atoms with Crippen LogP contribution in [0.15, 0.2) is 24.3 Å². The summed E-state index contributed by atoms with van der Waals surface area (Å²) >= 11 is 0. The Labute approximate surface area is 185 Å². The first-order valence-corrected chi connectivity index (χ1v) is 11.3. The maximum Gasteiger partial charge on any atom is 0.410 e. The lowest BCUT2D eigenvalue weighted by Crippen LogP contribution is -2.50. The zero-order valence-electron chi connectivity index (χ0n) is 19.1. The van der Waals surface area contributed by atoms with E-state index in [1.165, 1.54) is 0 Å². The highest BCUT2D eigenvalue weighted by Gasteiger charge is 2.33. The molecule has 0 aliphatic carbocycles. The molecule has 0 spiro atoms. The molecule has 0 aromatic heterocycles. The number of hydrogen-bond acceptors (Lipinski definition) is 4. The standard InChI is InChI=1S/C24H35N3O4/c1-17-7-5-6-8-20(17)21(28)25-19-11-15-26(16-12-19)22(29)18-9-13-27(14-10-18)23(30)31-24(2,3)4/h5-8,18-19H,9-16H2,1-4H3,(H,25,28). The third kappa shape index (κ3) is 6.21. The average molecular weight is 430 g/mol. The molecule has 2 aliphatic heterocycles. The lowest BCUT2D eigenvalue weighted by Gasteiger charge is -2.37. The van der Waals surface area contributed by atoms with Crippen LogP contribution >= 0.6 is 0 Å². The highest BCUT2D eigenvalue weighted by Crippen LogP contribution is 2.23. The molecule has 1 aromatic carbocycles. The molecule has 0 saturated carbocycles. The maximum absolute atomic E-state index is 13.0. The topological polar surface area (TPSA) is 79.0 Å². The van der Waals surface area contributed by atoms with Crippen molar-refractivity contribution in [2.24, 2.45) is 5.92 Å². The Morgan fingerprint density at radius 1 is 0.935 bits per heavy atom. The smallest absolute Gasteiger partial charge is 0.410 e. The van der Waals surface area contributed by atoms with Crippen molar-refractivity contribution in [3.05, 3.63) is 35.4 Å². The second kappa shape index (κ2) is 9.71. The van der Waals surface area contributed by atoms with Gasteiger partial charge in [-0.25, -0.2) is 4.79 Å². The van der Waals surface area contributed by atoms with Crippen LogP contribution in [0, 0.1) is 12.8 Å². The quantitative estimate of drug-likeness (QED) is 0.799. The summed E-state index contributed by atoms with van der Waals surface area (Å²) in [5, 5.41) is 3.12. The number of nitrogens with one attached hydrogen (secondary N) is 1. The lowest BCUT2D eigenvalue weighted by molar-refractivity contribution is -0.138. The van der Waals surface area contributed by atoms with Gasteiger partial charge in [0, 0.05) is 43.7 Å². The van der Waals surface area contributed by atoms with Gasteiger partial charge in [0.15, 0.2) is 0 Å². The van der Waals surface area contributed by atoms with Crippen LogP contribution in [-0.4, -0.2) is 65.5 Å². The molecule has 0 radical (unpaired) electrons. The first-order valence-electron chi connectivity index (χ1n) is 11.3. The molecule has 0 bridgehead atoms. The number of nitrogens with zero attached hydrogens (tertiary/aromatic N) is 2. The van der Waals surface area contributed by atoms with Crippen LogP contribution in [-0.2, 0) is 9.53 Å². The van der Waals surface area contributed by atoms with E-state index in [9.17, 15) is 14.4 Å². The van der Waals surface area contributed by atoms with Gasteiger partial charge in [0.05, 0.1) is 0 Å². The number of benzene rings is 1. The number of amides is 3. The van der Waals surface area contributed by atoms with Gasteiger partial charge >= 0.3 is 6.09 Å². The van der Waals surface area contributed by atoms with Crippen molar-refractivity contribution < 1.29 is 19.1 Å². The van der Waals surface area contributed by atoms with Gasteiger partial charge in [0.1, 0.15) is 5.60 Å². The van der Waals surface area contributed by atoms with Crippen molar-refractivity contribution in [1.82, 2.24) is 15.1 Å². The minimum absolute atomic E-state index is 0.0441. The van der Waals surface area contributed by atoms with E-state index in [-0.39, 0.29) is 29.9 Å². The molecule has 0 atom stereocenters. The maximum atomic E-state index is 13.0. The van der Waals surface area contributed by atoms with Crippen LogP contribution in [0.1, 0.15) is 62.4 Å². The first-order chi connectivity index (χ1) is 14.6. The number of piperidine rings is 2. The van der Waals surface area contributed by atoms with Crippen LogP contribution in [0.5, 0.6) is 0 Å². The highest BCUT2D eigenvalue weighted by atomic mass is 16.6. The fourth-order valence-corrected chi connectivity index (χ4v) is 4.23. The minimum atomic E-state index is -0.511. The summed E-state index contributed by atoms with van der Waals surface area (Å²) in [7, 11) is 0. The second-order valence-electron chi connectivity index (χ2n) is 9.63. The Balaban J connectivity index is 1.43. The summed E-state index contributed by atoms with van der Waals surface area (Å²) in [5.74, 6) is 0.0849. The predicted molar refractivity (Wildman–Crippen MR) is 119 cm³/mol. The van der Waals surface area contributed by atoms with Gasteiger partial charge in [-0.15, -0.1) is 0 Å². The highest BCUT2D eigenvalue weighted by molar-refractivity contribution is 5.95. The van der Waals surface area contributed by atoms with Crippen molar-refractivity contribution in [2.45, 2.75) is 65.0 Å². The van der Waals surface area contributed by atoms with Gasteiger partial charge in [-0.1, -0.05) is 18.2 Å². The van der Waals surface area contributed by atoms with Crippen LogP contribution < -0.4 is 5.32 Å². The fraction of sp³-hybridized carbons (Fsp3) is 0.625. The molecule has 31 heavy (non-hydrogen) atoms. The molecule has 2 heterocycles. The summed E-state index contributed by atoms with van der Waals surface area (Å²) in [6, 6.07) is 7.66. The largest absolute Gasteiger partial charge is 0.444 e. The van der Waals surface area contributed by atoms with Crippen molar-refractivity contribution in [1.29, 1.82) is 0 Å². The number of hydrogen-bond donors (Lipinski definition) is 1. The zero-order chi connectivity index (χ0) is 22.6. The van der Waals surface area contributed by atoms with E-state index in [0.717, 1.165) is 18.4 Å². The molecule has 2 fully saturated rings. The third-order valence-corrected chi connectivity index (χ3v) is 6.03. The molecule has 2 aliphatic rings. The van der Waals surface area contributed by atoms with Gasteiger partial charge < -0.3 is 19.9 Å². The fourth-order valence-electron chi connectivity index (χ4n) is 4.23. The van der Waals surface area contributed by atoms with E-state index < -0.39 is 5.60 Å². The Bertz CT molecular complexity index is 801. The van der Waals surface area contributed by atoms with Crippen LogP contribution in [0.3, 0.4) is 0 Å². The van der Waals surface area contributed by atoms with Crippen molar-refractivity contribution in [2.75, 3.05) is 26.2 Å². The van der Waals surface area contributed by atoms with E-state index in [2.05, 4.69) is 5.32 Å². The summed E-state index contributed by atoms with van der Waals surface area (Å²) in [6.45, 7) is 9.91. The predicted octanol–water partition coefficient (Wildman–Crippen LogP) is 3.36. The molecule has 3 amide bonds. The molecule has 170 valence electrons. The Morgan fingerprint density at radius 2 is 1.52 bits per heavy atom. The molecule has 0 unspecified atom stereocenters. The second-order valence-corrected chi connectivity index (χ2v) is 9.63. The molecule has 3 rings (SSSR count). The first kappa shape index (κ1) is 23.1. The molecule has 7 nitrogen and oxygen atoms in total. The van der Waals surface area contributed by atoms with E-state index >= 15 is 0 Å². The molecule has 1 aromatic rings. The van der Waals surface area contributed by atoms with Gasteiger partial charge in [-0.05, 0) is 65.0 Å². The molecule has 2 saturated heterocycles. The average Bonchev–Trinajstić information content (AvgIpc) is 2.73. The van der Waals surface area contributed by atoms with Gasteiger partial charge in [-0.3, -0.25) is 9.59 Å². The number of ether oxygens (including phenoxy) is 1. The number of carbonyl (C=O) groups is 3. The SMILES string of the molecule is Cc1ccccc1C(=O)NC1CCN(C(=O)C2CCN(C(=O)OC(C)(C)C)CC2)CC1. The van der Waals surface area contributed by atoms with Crippen LogP contribution in [0.4, 0.5) is 4.79 Å². The van der Waals surface area contributed by atoms with Gasteiger partial charge in [0.25, 0.3) is 5.91 Å².